The maximum absolute atomic E-state index is 5.38. The lowest BCUT2D eigenvalue weighted by Crippen LogP contribution is -2.40. The van der Waals surface area contributed by atoms with Crippen LogP contribution < -0.4 is 0 Å². The van der Waals surface area contributed by atoms with Crippen molar-refractivity contribution in [3.63, 3.8) is 0 Å². The fourth-order valence-corrected chi connectivity index (χ4v) is 13.2. The molecule has 0 saturated heterocycles. The topological polar surface area (TPSA) is 30.7 Å². The van der Waals surface area contributed by atoms with E-state index in [2.05, 4.69) is 144 Å². The summed E-state index contributed by atoms with van der Waals surface area (Å²) in [5, 5.41) is 3.61. The minimum Gasteiger partial charge on any atom is -0.278 e. The van der Waals surface area contributed by atoms with Crippen molar-refractivity contribution in [3.8, 4) is 39.5 Å². The Morgan fingerprint density at radius 2 is 1.32 bits per heavy atom. The third-order valence-corrected chi connectivity index (χ3v) is 15.0. The van der Waals surface area contributed by atoms with Gasteiger partial charge in [0.2, 0.25) is 5.95 Å². The van der Waals surface area contributed by atoms with Gasteiger partial charge in [-0.1, -0.05) is 109 Å². The summed E-state index contributed by atoms with van der Waals surface area (Å²) in [4.78, 5) is 10.7. The molecule has 53 heavy (non-hydrogen) atoms. The van der Waals surface area contributed by atoms with Gasteiger partial charge >= 0.3 is 0 Å². The Labute approximate surface area is 311 Å². The van der Waals surface area contributed by atoms with Crippen molar-refractivity contribution in [1.82, 2.24) is 14.5 Å². The standard InChI is InChI=1S/C49H35N3S/c1-2-10-29(11-3-1)45-47-46(36-14-6-9-17-44(36)53-47)51-48(50-45)52-42-16-8-5-13-35(42)38-27-31(19-21-43(38)52)30-18-20-40-37(26-30)34-12-4-7-15-39(34)49(40)33-23-28-22-32(25-33)41(49)24-28/h1-21,26-28,32-33,41H,22-25H2. The largest absolute Gasteiger partial charge is 0.278 e. The van der Waals surface area contributed by atoms with Crippen molar-refractivity contribution in [2.24, 2.45) is 23.7 Å². The zero-order chi connectivity index (χ0) is 34.4. The Kier molecular flexibility index (Phi) is 5.62. The summed E-state index contributed by atoms with van der Waals surface area (Å²) in [7, 11) is 0. The molecule has 5 aliphatic carbocycles. The summed E-state index contributed by atoms with van der Waals surface area (Å²) < 4.78 is 4.63. The number of hydrogen-bond acceptors (Lipinski definition) is 3. The SMILES string of the molecule is c1ccc(-c2nc(-n3c4ccccc4c4cc(-c5ccc6c(c5)-c5ccccc5C65C6CC7CC(C6)C5C7)ccc43)nc3c2sc2ccccc23)cc1. The highest BCUT2D eigenvalue weighted by Crippen LogP contribution is 2.73. The van der Waals surface area contributed by atoms with Crippen LogP contribution in [-0.2, 0) is 5.41 Å². The summed E-state index contributed by atoms with van der Waals surface area (Å²) in [6.07, 6.45) is 5.71. The molecule has 5 atom stereocenters. The molecular weight excluding hydrogens is 663 g/mol. The predicted molar refractivity (Wildman–Crippen MR) is 219 cm³/mol. The van der Waals surface area contributed by atoms with Crippen LogP contribution >= 0.6 is 11.3 Å². The molecule has 252 valence electrons. The van der Waals surface area contributed by atoms with Crippen LogP contribution in [0.1, 0.15) is 36.8 Å². The zero-order valence-corrected chi connectivity index (χ0v) is 30.0. The van der Waals surface area contributed by atoms with Gasteiger partial charge in [0.1, 0.15) is 0 Å². The summed E-state index contributed by atoms with van der Waals surface area (Å²) >= 11 is 1.78. The predicted octanol–water partition coefficient (Wildman–Crippen LogP) is 12.6. The second-order valence-corrected chi connectivity index (χ2v) is 17.2. The maximum atomic E-state index is 5.38. The number of para-hydroxylation sites is 1. The van der Waals surface area contributed by atoms with E-state index in [1.165, 1.54) is 68.8 Å². The molecular formula is C49H35N3S. The van der Waals surface area contributed by atoms with Crippen molar-refractivity contribution in [2.45, 2.75) is 31.1 Å². The van der Waals surface area contributed by atoms with Crippen molar-refractivity contribution in [1.29, 1.82) is 0 Å². The van der Waals surface area contributed by atoms with Crippen LogP contribution in [0.2, 0.25) is 0 Å². The van der Waals surface area contributed by atoms with Crippen molar-refractivity contribution in [3.05, 3.63) is 151 Å². The minimum atomic E-state index is 0.215. The van der Waals surface area contributed by atoms with Gasteiger partial charge in [0.25, 0.3) is 0 Å². The smallest absolute Gasteiger partial charge is 0.235 e. The number of nitrogens with zero attached hydrogens (tertiary/aromatic N) is 3. The molecule has 1 spiro atoms. The van der Waals surface area contributed by atoms with Crippen molar-refractivity contribution >= 4 is 53.4 Å². The Bertz CT molecular complexity index is 3000. The molecule has 6 aromatic carbocycles. The van der Waals surface area contributed by atoms with Crippen LogP contribution in [0, 0.1) is 23.7 Å². The molecule has 3 nitrogen and oxygen atoms in total. The van der Waals surface area contributed by atoms with Crippen molar-refractivity contribution in [2.75, 3.05) is 0 Å². The number of rotatable bonds is 3. The van der Waals surface area contributed by atoms with Gasteiger partial charge in [-0.15, -0.1) is 11.3 Å². The second-order valence-electron chi connectivity index (χ2n) is 16.1. The van der Waals surface area contributed by atoms with Crippen molar-refractivity contribution < 1.29 is 0 Å². The van der Waals surface area contributed by atoms with Crippen LogP contribution in [0.3, 0.4) is 0 Å². The molecule has 0 N–H and O–H groups in total. The van der Waals surface area contributed by atoms with E-state index < -0.39 is 0 Å². The van der Waals surface area contributed by atoms with E-state index in [1.807, 2.05) is 0 Å². The molecule has 14 rings (SSSR count). The van der Waals surface area contributed by atoms with E-state index in [-0.39, 0.29) is 5.41 Å². The highest BCUT2D eigenvalue weighted by molar-refractivity contribution is 7.26. The first-order valence-electron chi connectivity index (χ1n) is 19.3. The van der Waals surface area contributed by atoms with Crippen LogP contribution in [0.4, 0.5) is 0 Å². The maximum Gasteiger partial charge on any atom is 0.235 e. The molecule has 4 saturated carbocycles. The summed E-state index contributed by atoms with van der Waals surface area (Å²) in [6, 6.07) is 51.8. The summed E-state index contributed by atoms with van der Waals surface area (Å²) in [5.74, 6) is 4.16. The molecule has 0 aliphatic heterocycles. The first-order valence-corrected chi connectivity index (χ1v) is 20.1. The molecule has 0 amide bonds. The molecule has 4 fully saturated rings. The second kappa shape index (κ2) is 10.3. The Hall–Kier alpha value is -5.58. The molecule has 9 aromatic rings. The fourth-order valence-electron chi connectivity index (χ4n) is 12.0. The number of aromatic nitrogens is 3. The number of thiophene rings is 1. The van der Waals surface area contributed by atoms with Crippen LogP contribution in [-0.4, -0.2) is 14.5 Å². The molecule has 4 heteroatoms. The molecule has 0 radical (unpaired) electrons. The van der Waals surface area contributed by atoms with E-state index in [9.17, 15) is 0 Å². The lowest BCUT2D eigenvalue weighted by Gasteiger charge is -2.43. The van der Waals surface area contributed by atoms with E-state index in [4.69, 9.17) is 9.97 Å². The highest BCUT2D eigenvalue weighted by Gasteiger charge is 2.65. The average molecular weight is 698 g/mol. The van der Waals surface area contributed by atoms with Crippen LogP contribution in [0.25, 0.3) is 81.6 Å². The van der Waals surface area contributed by atoms with Gasteiger partial charge in [-0.05, 0) is 113 Å². The quantitative estimate of drug-likeness (QED) is 0.184. The Morgan fingerprint density at radius 1 is 0.566 bits per heavy atom. The highest BCUT2D eigenvalue weighted by atomic mass is 32.1. The van der Waals surface area contributed by atoms with Crippen LogP contribution in [0.5, 0.6) is 0 Å². The van der Waals surface area contributed by atoms with E-state index >= 15 is 0 Å². The molecule has 4 bridgehead atoms. The lowest BCUT2D eigenvalue weighted by atomic mass is 9.59. The zero-order valence-electron chi connectivity index (χ0n) is 29.2. The molecule has 3 aromatic heterocycles. The van der Waals surface area contributed by atoms with Gasteiger partial charge in [0, 0.05) is 31.8 Å². The normalized spacial score (nSPS) is 23.6. The Balaban J connectivity index is 1.01. The van der Waals surface area contributed by atoms with Gasteiger partial charge in [-0.3, -0.25) is 4.57 Å². The number of benzene rings is 6. The van der Waals surface area contributed by atoms with Gasteiger partial charge in [-0.25, -0.2) is 9.97 Å². The van der Waals surface area contributed by atoms with Gasteiger partial charge in [0.15, 0.2) is 0 Å². The minimum absolute atomic E-state index is 0.215. The fraction of sp³-hybridized carbons (Fsp3) is 0.184. The monoisotopic (exact) mass is 697 g/mol. The number of hydrogen-bond donors (Lipinski definition) is 0. The van der Waals surface area contributed by atoms with Gasteiger partial charge in [-0.2, -0.15) is 0 Å². The number of fused-ring (bicyclic) bond motifs is 9. The molecule has 5 aliphatic rings. The van der Waals surface area contributed by atoms with E-state index in [1.54, 1.807) is 22.5 Å². The first kappa shape index (κ1) is 28.9. The molecule has 5 unspecified atom stereocenters. The van der Waals surface area contributed by atoms with E-state index in [0.717, 1.165) is 56.2 Å². The van der Waals surface area contributed by atoms with Gasteiger partial charge < -0.3 is 0 Å². The Morgan fingerprint density at radius 3 is 2.25 bits per heavy atom. The van der Waals surface area contributed by atoms with E-state index in [0.29, 0.717) is 5.95 Å². The first-order chi connectivity index (χ1) is 26.2. The third kappa shape index (κ3) is 3.70. The summed E-state index contributed by atoms with van der Waals surface area (Å²) in [5.41, 5.74) is 14.3. The average Bonchev–Trinajstić information content (AvgIpc) is 3.97. The van der Waals surface area contributed by atoms with Crippen LogP contribution in [0.15, 0.2) is 140 Å². The third-order valence-electron chi connectivity index (χ3n) is 13.8. The summed E-state index contributed by atoms with van der Waals surface area (Å²) in [6.45, 7) is 0. The molecule has 3 heterocycles. The lowest BCUT2D eigenvalue weighted by molar-refractivity contribution is 0.191. The van der Waals surface area contributed by atoms with Gasteiger partial charge in [0.05, 0.1) is 26.9 Å².